The van der Waals surface area contributed by atoms with Crippen LogP contribution in [-0.2, 0) is 11.3 Å². The molecule has 0 aromatic heterocycles. The molecule has 0 radical (unpaired) electrons. The summed E-state index contributed by atoms with van der Waals surface area (Å²) in [5, 5.41) is 9.17. The predicted molar refractivity (Wildman–Crippen MR) is 115 cm³/mol. The van der Waals surface area contributed by atoms with Crippen LogP contribution in [0, 0.1) is 0 Å². The Balaban J connectivity index is 0.00000625. The number of carbonyl (C=O) groups excluding carboxylic acids is 1. The third kappa shape index (κ3) is 11.0. The summed E-state index contributed by atoms with van der Waals surface area (Å²) in [6, 6.07) is 7.86. The maximum absolute atomic E-state index is 11.5. The van der Waals surface area contributed by atoms with Crippen molar-refractivity contribution in [2.45, 2.75) is 39.3 Å². The number of rotatable bonds is 7. The fourth-order valence-electron chi connectivity index (χ4n) is 1.99. The normalized spacial score (nSPS) is 11.2. The molecule has 0 bridgehead atoms. The summed E-state index contributed by atoms with van der Waals surface area (Å²) in [5.74, 6) is 1.54. The average Bonchev–Trinajstić information content (AvgIpc) is 2.56. The lowest BCUT2D eigenvalue weighted by molar-refractivity contribution is 0.0527. The molecule has 3 N–H and O–H groups in total. The molecular formula is C18H31IN4O3. The van der Waals surface area contributed by atoms with E-state index in [4.69, 9.17) is 9.47 Å². The lowest BCUT2D eigenvalue weighted by atomic mass is 10.2. The Kier molecular flexibility index (Phi) is 11.8. The highest BCUT2D eigenvalue weighted by Crippen LogP contribution is 2.12. The van der Waals surface area contributed by atoms with Crippen molar-refractivity contribution in [3.63, 3.8) is 0 Å². The molecule has 0 aliphatic rings. The number of amides is 1. The number of hydrogen-bond acceptors (Lipinski definition) is 4. The predicted octanol–water partition coefficient (Wildman–Crippen LogP) is 2.89. The number of halogens is 1. The Morgan fingerprint density at radius 1 is 1.15 bits per heavy atom. The highest BCUT2D eigenvalue weighted by atomic mass is 127. The summed E-state index contributed by atoms with van der Waals surface area (Å²) < 4.78 is 10.4. The van der Waals surface area contributed by atoms with E-state index >= 15 is 0 Å². The van der Waals surface area contributed by atoms with Gasteiger partial charge in [-0.2, -0.15) is 0 Å². The molecule has 0 spiro atoms. The standard InChI is InChI=1S/C18H30N4O3.HI/c1-18(2,3)25-17(23)21-11-7-10-20-16(19-4)22-13-14-8-6-9-15(12-14)24-5;/h6,8-9,12H,7,10-11,13H2,1-5H3,(H,21,23)(H2,19,20,22);1H. The molecule has 0 heterocycles. The van der Waals surface area contributed by atoms with Crippen molar-refractivity contribution in [2.75, 3.05) is 27.2 Å². The van der Waals surface area contributed by atoms with Crippen LogP contribution in [0.1, 0.15) is 32.8 Å². The fourth-order valence-corrected chi connectivity index (χ4v) is 1.99. The van der Waals surface area contributed by atoms with E-state index in [1.54, 1.807) is 14.2 Å². The van der Waals surface area contributed by atoms with Crippen molar-refractivity contribution < 1.29 is 14.3 Å². The molecule has 0 aliphatic carbocycles. The summed E-state index contributed by atoms with van der Waals surface area (Å²) in [6.07, 6.45) is 0.368. The van der Waals surface area contributed by atoms with Crippen LogP contribution >= 0.6 is 24.0 Å². The van der Waals surface area contributed by atoms with Crippen LogP contribution in [0.15, 0.2) is 29.3 Å². The van der Waals surface area contributed by atoms with Gasteiger partial charge in [0.05, 0.1) is 7.11 Å². The number of ether oxygens (including phenoxy) is 2. The molecule has 0 saturated heterocycles. The van der Waals surface area contributed by atoms with Crippen molar-refractivity contribution in [1.29, 1.82) is 0 Å². The monoisotopic (exact) mass is 478 g/mol. The van der Waals surface area contributed by atoms with Crippen molar-refractivity contribution in [3.05, 3.63) is 29.8 Å². The third-order valence-corrected chi connectivity index (χ3v) is 3.13. The van der Waals surface area contributed by atoms with E-state index in [2.05, 4.69) is 20.9 Å². The van der Waals surface area contributed by atoms with Crippen molar-refractivity contribution >= 4 is 36.0 Å². The quantitative estimate of drug-likeness (QED) is 0.243. The van der Waals surface area contributed by atoms with Gasteiger partial charge in [-0.3, -0.25) is 4.99 Å². The van der Waals surface area contributed by atoms with Gasteiger partial charge in [-0.15, -0.1) is 24.0 Å². The molecular weight excluding hydrogens is 447 g/mol. The molecule has 7 nitrogen and oxygen atoms in total. The summed E-state index contributed by atoms with van der Waals surface area (Å²) >= 11 is 0. The summed E-state index contributed by atoms with van der Waals surface area (Å²) in [4.78, 5) is 15.7. The van der Waals surface area contributed by atoms with Crippen LogP contribution in [0.4, 0.5) is 4.79 Å². The lowest BCUT2D eigenvalue weighted by Gasteiger charge is -2.19. The number of benzene rings is 1. The number of nitrogens with zero attached hydrogens (tertiary/aromatic N) is 1. The zero-order valence-corrected chi connectivity index (χ0v) is 18.5. The van der Waals surface area contributed by atoms with Gasteiger partial charge in [-0.1, -0.05) is 12.1 Å². The summed E-state index contributed by atoms with van der Waals surface area (Å²) in [6.45, 7) is 7.39. The van der Waals surface area contributed by atoms with E-state index in [0.29, 0.717) is 25.6 Å². The smallest absolute Gasteiger partial charge is 0.407 e. The first-order valence-electron chi connectivity index (χ1n) is 8.38. The first-order chi connectivity index (χ1) is 11.8. The van der Waals surface area contributed by atoms with Crippen molar-refractivity contribution in [2.24, 2.45) is 4.99 Å². The second-order valence-electron chi connectivity index (χ2n) is 6.49. The second-order valence-corrected chi connectivity index (χ2v) is 6.49. The Morgan fingerprint density at radius 3 is 2.46 bits per heavy atom. The number of carbonyl (C=O) groups is 1. The van der Waals surface area contributed by atoms with Crippen LogP contribution in [0.5, 0.6) is 5.75 Å². The molecule has 26 heavy (non-hydrogen) atoms. The molecule has 1 rings (SSSR count). The molecule has 0 aliphatic heterocycles. The zero-order chi connectivity index (χ0) is 18.7. The molecule has 1 amide bonds. The van der Waals surface area contributed by atoms with Crippen molar-refractivity contribution in [1.82, 2.24) is 16.0 Å². The van der Waals surface area contributed by atoms with E-state index in [1.807, 2.05) is 45.0 Å². The molecule has 148 valence electrons. The number of nitrogens with one attached hydrogen (secondary N) is 3. The van der Waals surface area contributed by atoms with Crippen LogP contribution in [0.25, 0.3) is 0 Å². The van der Waals surface area contributed by atoms with Gasteiger partial charge >= 0.3 is 6.09 Å². The third-order valence-electron chi connectivity index (χ3n) is 3.13. The van der Waals surface area contributed by atoms with E-state index in [9.17, 15) is 4.79 Å². The lowest BCUT2D eigenvalue weighted by Crippen LogP contribution is -2.39. The minimum absolute atomic E-state index is 0. The highest BCUT2D eigenvalue weighted by Gasteiger charge is 2.15. The fraction of sp³-hybridized carbons (Fsp3) is 0.556. The first-order valence-corrected chi connectivity index (χ1v) is 8.38. The van der Waals surface area contributed by atoms with Gasteiger partial charge in [0.1, 0.15) is 11.4 Å². The van der Waals surface area contributed by atoms with Crippen molar-refractivity contribution in [3.8, 4) is 5.75 Å². The van der Waals surface area contributed by atoms with E-state index < -0.39 is 11.7 Å². The zero-order valence-electron chi connectivity index (χ0n) is 16.2. The summed E-state index contributed by atoms with van der Waals surface area (Å²) in [5.41, 5.74) is 0.628. The van der Waals surface area contributed by atoms with Gasteiger partial charge in [0.25, 0.3) is 0 Å². The first kappa shape index (κ1) is 24.3. The van der Waals surface area contributed by atoms with E-state index in [-0.39, 0.29) is 24.0 Å². The molecule has 0 saturated carbocycles. The Labute approximate surface area is 173 Å². The highest BCUT2D eigenvalue weighted by molar-refractivity contribution is 14.0. The van der Waals surface area contributed by atoms with E-state index in [1.165, 1.54) is 0 Å². The van der Waals surface area contributed by atoms with Gasteiger partial charge in [-0.25, -0.2) is 4.79 Å². The minimum Gasteiger partial charge on any atom is -0.497 e. The van der Waals surface area contributed by atoms with Gasteiger partial charge in [-0.05, 0) is 44.9 Å². The molecule has 0 fully saturated rings. The number of hydrogen-bond donors (Lipinski definition) is 3. The molecule has 0 unspecified atom stereocenters. The van der Waals surface area contributed by atoms with Crippen LogP contribution < -0.4 is 20.7 Å². The number of alkyl carbamates (subject to hydrolysis) is 1. The van der Waals surface area contributed by atoms with E-state index in [0.717, 1.165) is 17.7 Å². The number of aliphatic imine (C=N–C) groups is 1. The SMILES string of the molecule is CN=C(NCCCNC(=O)OC(C)(C)C)NCc1cccc(OC)c1.I. The Morgan fingerprint density at radius 2 is 1.85 bits per heavy atom. The van der Waals surface area contributed by atoms with Gasteiger partial charge < -0.3 is 25.4 Å². The largest absolute Gasteiger partial charge is 0.497 e. The summed E-state index contributed by atoms with van der Waals surface area (Å²) in [7, 11) is 3.37. The average molecular weight is 478 g/mol. The van der Waals surface area contributed by atoms with Crippen LogP contribution in [0.2, 0.25) is 0 Å². The number of methoxy groups -OCH3 is 1. The maximum atomic E-state index is 11.5. The Hall–Kier alpha value is -1.71. The van der Waals surface area contributed by atoms with Crippen LogP contribution in [-0.4, -0.2) is 44.9 Å². The van der Waals surface area contributed by atoms with Gasteiger partial charge in [0.15, 0.2) is 5.96 Å². The number of guanidine groups is 1. The second kappa shape index (κ2) is 12.6. The Bertz CT molecular complexity index is 574. The molecule has 1 aromatic carbocycles. The topological polar surface area (TPSA) is 84.0 Å². The van der Waals surface area contributed by atoms with Crippen LogP contribution in [0.3, 0.4) is 0 Å². The molecule has 8 heteroatoms. The maximum Gasteiger partial charge on any atom is 0.407 e. The molecule has 1 aromatic rings. The van der Waals surface area contributed by atoms with Gasteiger partial charge in [0, 0.05) is 26.7 Å². The van der Waals surface area contributed by atoms with Gasteiger partial charge in [0.2, 0.25) is 0 Å². The minimum atomic E-state index is -0.478. The molecule has 0 atom stereocenters.